The van der Waals surface area contributed by atoms with Crippen LogP contribution in [0.25, 0.3) is 0 Å². The average Bonchev–Trinajstić information content (AvgIpc) is 2.98. The molecule has 0 aromatic heterocycles. The van der Waals surface area contributed by atoms with Crippen LogP contribution in [-0.4, -0.2) is 54.3 Å². The number of carbonyl (C=O) groups excluding carboxylic acids is 5. The molecule has 3 amide bonds. The lowest BCUT2D eigenvalue weighted by atomic mass is 9.85. The van der Waals surface area contributed by atoms with Crippen molar-refractivity contribution < 1.29 is 33.4 Å². The number of fused-ring (bicyclic) bond motifs is 1. The second-order valence-corrected chi connectivity index (χ2v) is 6.89. The van der Waals surface area contributed by atoms with Crippen LogP contribution < -0.4 is 5.32 Å². The molecule has 9 heteroatoms. The first-order chi connectivity index (χ1) is 14.4. The van der Waals surface area contributed by atoms with Gasteiger partial charge in [0.1, 0.15) is 6.54 Å². The minimum atomic E-state index is -0.864. The quantitative estimate of drug-likeness (QED) is 0.406. The molecule has 1 fully saturated rings. The molecule has 1 saturated heterocycles. The number of rotatable bonds is 7. The van der Waals surface area contributed by atoms with E-state index in [1.165, 1.54) is 12.1 Å². The number of amides is 3. The molecule has 0 saturated carbocycles. The molecule has 3 rings (SSSR count). The van der Waals surface area contributed by atoms with Crippen molar-refractivity contribution in [3.05, 3.63) is 42.0 Å². The first-order valence-corrected chi connectivity index (χ1v) is 9.64. The van der Waals surface area contributed by atoms with Crippen molar-refractivity contribution in [3.8, 4) is 0 Å². The maximum Gasteiger partial charge on any atom is 0.340 e. The van der Waals surface area contributed by atoms with Gasteiger partial charge >= 0.3 is 11.9 Å². The van der Waals surface area contributed by atoms with E-state index in [0.717, 1.165) is 4.90 Å². The molecule has 1 aliphatic heterocycles. The lowest BCUT2D eigenvalue weighted by Gasteiger charge is -2.14. The zero-order valence-corrected chi connectivity index (χ0v) is 16.5. The fourth-order valence-electron chi connectivity index (χ4n) is 3.51. The van der Waals surface area contributed by atoms with Crippen LogP contribution in [0, 0.1) is 11.8 Å². The monoisotopic (exact) mass is 414 g/mol. The van der Waals surface area contributed by atoms with E-state index in [9.17, 15) is 24.0 Å². The molecule has 1 aliphatic carbocycles. The number of para-hydroxylation sites is 1. The van der Waals surface area contributed by atoms with Crippen molar-refractivity contribution in [3.63, 3.8) is 0 Å². The topological polar surface area (TPSA) is 119 Å². The summed E-state index contributed by atoms with van der Waals surface area (Å²) in [6, 6.07) is 6.27. The predicted octanol–water partition coefficient (Wildman–Crippen LogP) is 1.30. The van der Waals surface area contributed by atoms with Gasteiger partial charge in [0.2, 0.25) is 11.8 Å². The van der Waals surface area contributed by atoms with E-state index in [-0.39, 0.29) is 29.7 Å². The third-order valence-corrected chi connectivity index (χ3v) is 4.95. The van der Waals surface area contributed by atoms with Crippen LogP contribution in [0.4, 0.5) is 5.69 Å². The van der Waals surface area contributed by atoms with E-state index in [1.54, 1.807) is 19.1 Å². The normalized spacial score (nSPS) is 20.0. The van der Waals surface area contributed by atoms with Gasteiger partial charge in [-0.25, -0.2) is 4.79 Å². The van der Waals surface area contributed by atoms with Crippen LogP contribution in [0.2, 0.25) is 0 Å². The Morgan fingerprint density at radius 2 is 1.67 bits per heavy atom. The Morgan fingerprint density at radius 3 is 2.30 bits per heavy atom. The van der Waals surface area contributed by atoms with Crippen molar-refractivity contribution in [1.29, 1.82) is 0 Å². The van der Waals surface area contributed by atoms with Crippen molar-refractivity contribution in [2.45, 2.75) is 19.8 Å². The number of benzene rings is 1. The van der Waals surface area contributed by atoms with Gasteiger partial charge in [-0.2, -0.15) is 0 Å². The average molecular weight is 414 g/mol. The molecular weight excluding hydrogens is 392 g/mol. The van der Waals surface area contributed by atoms with Gasteiger partial charge in [-0.05, 0) is 31.9 Å². The van der Waals surface area contributed by atoms with E-state index < -0.39 is 42.8 Å². The number of likely N-dealkylation sites (tertiary alicyclic amines) is 1. The van der Waals surface area contributed by atoms with Crippen molar-refractivity contribution in [2.24, 2.45) is 11.8 Å². The molecule has 1 aromatic carbocycles. The number of ether oxygens (including phenoxy) is 2. The standard InChI is InChI=1S/C21H22N2O7/c1-2-29-21(28)15-9-5-6-10-16(15)22-17(24)12-30-18(25)11-23-19(26)13-7-3-4-8-14(13)20(23)27/h3-6,9-10,13-14H,2,7-8,11-12H2,1H3,(H,22,24)/t13-,14-/m1/s1. The summed E-state index contributed by atoms with van der Waals surface area (Å²) < 4.78 is 9.84. The van der Waals surface area contributed by atoms with Crippen LogP contribution in [-0.2, 0) is 28.7 Å². The highest BCUT2D eigenvalue weighted by Gasteiger charge is 2.47. The first-order valence-electron chi connectivity index (χ1n) is 9.64. The molecule has 0 spiro atoms. The van der Waals surface area contributed by atoms with Gasteiger partial charge in [0.15, 0.2) is 6.61 Å². The van der Waals surface area contributed by atoms with E-state index in [4.69, 9.17) is 9.47 Å². The number of nitrogens with one attached hydrogen (secondary N) is 1. The van der Waals surface area contributed by atoms with Crippen LogP contribution in [0.3, 0.4) is 0 Å². The SMILES string of the molecule is CCOC(=O)c1ccccc1NC(=O)COC(=O)CN1C(=O)[C@@H]2CC=CC[C@H]2C1=O. The minimum Gasteiger partial charge on any atom is -0.462 e. The highest BCUT2D eigenvalue weighted by molar-refractivity contribution is 6.07. The molecule has 0 bridgehead atoms. The molecule has 1 heterocycles. The molecule has 2 atom stereocenters. The summed E-state index contributed by atoms with van der Waals surface area (Å²) in [6.45, 7) is 0.697. The molecule has 158 valence electrons. The number of carbonyl (C=O) groups is 5. The Labute approximate surface area is 173 Å². The summed E-state index contributed by atoms with van der Waals surface area (Å²) >= 11 is 0. The van der Waals surface area contributed by atoms with E-state index in [1.807, 2.05) is 12.2 Å². The number of anilines is 1. The molecule has 0 unspecified atom stereocenters. The number of allylic oxidation sites excluding steroid dienone is 2. The van der Waals surface area contributed by atoms with Crippen LogP contribution in [0.5, 0.6) is 0 Å². The third kappa shape index (κ3) is 4.56. The van der Waals surface area contributed by atoms with Gasteiger partial charge in [0.05, 0.1) is 29.7 Å². The highest BCUT2D eigenvalue weighted by atomic mass is 16.5. The fourth-order valence-corrected chi connectivity index (χ4v) is 3.51. The Kier molecular flexibility index (Phi) is 6.61. The number of hydrogen-bond acceptors (Lipinski definition) is 7. The zero-order valence-electron chi connectivity index (χ0n) is 16.5. The smallest absolute Gasteiger partial charge is 0.340 e. The van der Waals surface area contributed by atoms with Gasteiger partial charge < -0.3 is 14.8 Å². The third-order valence-electron chi connectivity index (χ3n) is 4.95. The summed E-state index contributed by atoms with van der Waals surface area (Å²) in [7, 11) is 0. The van der Waals surface area contributed by atoms with Gasteiger partial charge in [-0.3, -0.25) is 24.1 Å². The summed E-state index contributed by atoms with van der Waals surface area (Å²) in [5, 5.41) is 2.48. The fraction of sp³-hybridized carbons (Fsp3) is 0.381. The molecule has 1 aromatic rings. The van der Waals surface area contributed by atoms with Gasteiger partial charge in [-0.1, -0.05) is 24.3 Å². The zero-order chi connectivity index (χ0) is 21.7. The van der Waals surface area contributed by atoms with Gasteiger partial charge in [-0.15, -0.1) is 0 Å². The molecule has 9 nitrogen and oxygen atoms in total. The van der Waals surface area contributed by atoms with Crippen LogP contribution >= 0.6 is 0 Å². The summed E-state index contributed by atoms with van der Waals surface area (Å²) in [4.78, 5) is 61.8. The van der Waals surface area contributed by atoms with Crippen molar-refractivity contribution in [1.82, 2.24) is 4.90 Å². The molecule has 0 radical (unpaired) electrons. The van der Waals surface area contributed by atoms with Crippen LogP contribution in [0.1, 0.15) is 30.1 Å². The maximum atomic E-state index is 12.4. The maximum absolute atomic E-state index is 12.4. The van der Waals surface area contributed by atoms with Crippen molar-refractivity contribution in [2.75, 3.05) is 25.1 Å². The number of imide groups is 1. The first kappa shape index (κ1) is 21.2. The summed E-state index contributed by atoms with van der Waals surface area (Å²) in [5.74, 6) is -3.77. The van der Waals surface area contributed by atoms with Crippen LogP contribution in [0.15, 0.2) is 36.4 Å². The highest BCUT2D eigenvalue weighted by Crippen LogP contribution is 2.34. The molecule has 30 heavy (non-hydrogen) atoms. The predicted molar refractivity (Wildman–Crippen MR) is 104 cm³/mol. The second-order valence-electron chi connectivity index (χ2n) is 6.89. The summed E-state index contributed by atoms with van der Waals surface area (Å²) in [6.07, 6.45) is 4.66. The second kappa shape index (κ2) is 9.34. The Hall–Kier alpha value is -3.49. The van der Waals surface area contributed by atoms with E-state index >= 15 is 0 Å². The Bertz CT molecular complexity index is 882. The van der Waals surface area contributed by atoms with Crippen molar-refractivity contribution >= 4 is 35.3 Å². The lowest BCUT2D eigenvalue weighted by molar-refractivity contribution is -0.154. The minimum absolute atomic E-state index is 0.170. The summed E-state index contributed by atoms with van der Waals surface area (Å²) in [5.41, 5.74) is 0.391. The van der Waals surface area contributed by atoms with E-state index in [2.05, 4.69) is 5.32 Å². The number of esters is 2. The molecule has 1 N–H and O–H groups in total. The molecule has 2 aliphatic rings. The van der Waals surface area contributed by atoms with E-state index in [0.29, 0.717) is 12.8 Å². The van der Waals surface area contributed by atoms with Gasteiger partial charge in [0, 0.05) is 0 Å². The lowest BCUT2D eigenvalue weighted by Crippen LogP contribution is -2.37. The molecular formula is C21H22N2O7. The Morgan fingerprint density at radius 1 is 1.03 bits per heavy atom. The van der Waals surface area contributed by atoms with Gasteiger partial charge in [0.25, 0.3) is 5.91 Å². The number of hydrogen-bond donors (Lipinski definition) is 1. The number of nitrogens with zero attached hydrogens (tertiary/aromatic N) is 1. The largest absolute Gasteiger partial charge is 0.462 e. The Balaban J connectivity index is 1.52.